The highest BCUT2D eigenvalue weighted by atomic mass is 32.2. The average Bonchev–Trinajstić information content (AvgIpc) is 2.47. The fourth-order valence-corrected chi connectivity index (χ4v) is 3.84. The molecule has 5 heteroatoms. The van der Waals surface area contributed by atoms with Gasteiger partial charge in [-0.1, -0.05) is 51.0 Å². The number of benzene rings is 1. The lowest BCUT2D eigenvalue weighted by Crippen LogP contribution is -2.44. The molecule has 0 atom stereocenters. The third-order valence-corrected chi connectivity index (χ3v) is 5.67. The summed E-state index contributed by atoms with van der Waals surface area (Å²) in [5, 5.41) is 0. The van der Waals surface area contributed by atoms with Crippen molar-refractivity contribution in [2.24, 2.45) is 5.92 Å². The van der Waals surface area contributed by atoms with Gasteiger partial charge in [-0.2, -0.15) is 12.7 Å². The van der Waals surface area contributed by atoms with E-state index < -0.39 is 10.2 Å². The lowest BCUT2D eigenvalue weighted by Gasteiger charge is -2.28. The predicted molar refractivity (Wildman–Crippen MR) is 81.6 cm³/mol. The highest BCUT2D eigenvalue weighted by molar-refractivity contribution is 7.87. The molecule has 1 heterocycles. The molecular weight excluding hydrogens is 272 g/mol. The second kappa shape index (κ2) is 6.70. The molecule has 0 fully saturated rings. The van der Waals surface area contributed by atoms with Crippen LogP contribution >= 0.6 is 0 Å². The Balaban J connectivity index is 2.01. The fourth-order valence-electron chi connectivity index (χ4n) is 2.57. The zero-order chi connectivity index (χ0) is 14.6. The first-order valence-electron chi connectivity index (χ1n) is 7.38. The van der Waals surface area contributed by atoms with E-state index >= 15 is 0 Å². The minimum absolute atomic E-state index is 0.418. The maximum absolute atomic E-state index is 12.3. The van der Waals surface area contributed by atoms with Crippen LogP contribution in [0.5, 0.6) is 0 Å². The largest absolute Gasteiger partial charge is 0.279 e. The third kappa shape index (κ3) is 3.59. The maximum Gasteiger partial charge on any atom is 0.279 e. The van der Waals surface area contributed by atoms with Crippen LogP contribution in [0.2, 0.25) is 0 Å². The summed E-state index contributed by atoms with van der Waals surface area (Å²) in [6.07, 6.45) is 2.80. The van der Waals surface area contributed by atoms with Crippen molar-refractivity contribution in [2.75, 3.05) is 13.1 Å². The van der Waals surface area contributed by atoms with Crippen LogP contribution in [-0.4, -0.2) is 25.8 Å². The van der Waals surface area contributed by atoms with Crippen LogP contribution in [-0.2, 0) is 23.2 Å². The van der Waals surface area contributed by atoms with Crippen molar-refractivity contribution < 1.29 is 8.42 Å². The first kappa shape index (κ1) is 15.5. The van der Waals surface area contributed by atoms with E-state index in [9.17, 15) is 8.42 Å². The molecule has 0 unspecified atom stereocenters. The Labute approximate surface area is 122 Å². The van der Waals surface area contributed by atoms with Crippen LogP contribution in [0.15, 0.2) is 24.3 Å². The zero-order valence-electron chi connectivity index (χ0n) is 12.3. The summed E-state index contributed by atoms with van der Waals surface area (Å²) in [7, 11) is -3.36. The minimum Gasteiger partial charge on any atom is -0.202 e. The summed E-state index contributed by atoms with van der Waals surface area (Å²) in [6.45, 7) is 5.77. The van der Waals surface area contributed by atoms with Gasteiger partial charge in [0.2, 0.25) is 0 Å². The number of hydrogen-bond donors (Lipinski definition) is 1. The van der Waals surface area contributed by atoms with Crippen molar-refractivity contribution in [3.63, 3.8) is 0 Å². The van der Waals surface area contributed by atoms with E-state index in [1.807, 2.05) is 18.2 Å². The smallest absolute Gasteiger partial charge is 0.202 e. The molecule has 0 radical (unpaired) electrons. The molecule has 0 saturated carbocycles. The summed E-state index contributed by atoms with van der Waals surface area (Å²) >= 11 is 0. The van der Waals surface area contributed by atoms with Crippen molar-refractivity contribution in [2.45, 2.75) is 39.7 Å². The lowest BCUT2D eigenvalue weighted by molar-refractivity contribution is 0.377. The Morgan fingerprint density at radius 1 is 1.20 bits per heavy atom. The summed E-state index contributed by atoms with van der Waals surface area (Å²) < 4.78 is 29.0. The molecule has 112 valence electrons. The van der Waals surface area contributed by atoms with Gasteiger partial charge in [0.15, 0.2) is 0 Å². The van der Waals surface area contributed by atoms with Crippen molar-refractivity contribution >= 4 is 10.2 Å². The van der Waals surface area contributed by atoms with E-state index in [-0.39, 0.29) is 0 Å². The topological polar surface area (TPSA) is 49.4 Å². The molecule has 0 aliphatic carbocycles. The van der Waals surface area contributed by atoms with Crippen LogP contribution in [0.1, 0.15) is 37.8 Å². The van der Waals surface area contributed by atoms with E-state index in [0.717, 1.165) is 24.8 Å². The van der Waals surface area contributed by atoms with Gasteiger partial charge in [0.1, 0.15) is 0 Å². The second-order valence-electron chi connectivity index (χ2n) is 5.39. The van der Waals surface area contributed by atoms with Gasteiger partial charge < -0.3 is 0 Å². The Bertz CT molecular complexity index is 539. The molecule has 1 aromatic carbocycles. The monoisotopic (exact) mass is 296 g/mol. The Morgan fingerprint density at radius 2 is 1.85 bits per heavy atom. The van der Waals surface area contributed by atoms with Crippen LogP contribution in [0, 0.1) is 5.92 Å². The van der Waals surface area contributed by atoms with E-state index in [0.29, 0.717) is 25.6 Å². The first-order chi connectivity index (χ1) is 9.56. The Hall–Kier alpha value is -0.910. The second-order valence-corrected chi connectivity index (χ2v) is 7.14. The van der Waals surface area contributed by atoms with Crippen molar-refractivity contribution in [1.82, 2.24) is 9.03 Å². The molecule has 0 spiro atoms. The van der Waals surface area contributed by atoms with Gasteiger partial charge in [0.25, 0.3) is 10.2 Å². The molecule has 0 aromatic heterocycles. The molecule has 4 nitrogen and oxygen atoms in total. The van der Waals surface area contributed by atoms with Gasteiger partial charge in [-0.25, -0.2) is 4.72 Å². The summed E-state index contributed by atoms with van der Waals surface area (Å²) in [4.78, 5) is 0. The summed E-state index contributed by atoms with van der Waals surface area (Å²) in [5.41, 5.74) is 2.38. The third-order valence-electron chi connectivity index (χ3n) is 4.14. The first-order valence-corrected chi connectivity index (χ1v) is 8.82. The summed E-state index contributed by atoms with van der Waals surface area (Å²) in [5.74, 6) is 0.418. The van der Waals surface area contributed by atoms with Crippen molar-refractivity contribution in [3.05, 3.63) is 35.4 Å². The lowest BCUT2D eigenvalue weighted by atomic mass is 10.0. The zero-order valence-corrected chi connectivity index (χ0v) is 13.1. The van der Waals surface area contributed by atoms with Crippen molar-refractivity contribution in [1.29, 1.82) is 0 Å². The number of rotatable bonds is 6. The molecule has 0 amide bonds. The predicted octanol–water partition coefficient (Wildman–Crippen LogP) is 2.32. The van der Waals surface area contributed by atoms with Crippen LogP contribution in [0.4, 0.5) is 0 Å². The normalized spacial score (nSPS) is 16.4. The van der Waals surface area contributed by atoms with Gasteiger partial charge >= 0.3 is 0 Å². The van der Waals surface area contributed by atoms with Crippen LogP contribution < -0.4 is 4.72 Å². The number of nitrogens with one attached hydrogen (secondary N) is 1. The molecule has 1 aromatic rings. The Morgan fingerprint density at radius 3 is 2.50 bits per heavy atom. The molecule has 0 saturated heterocycles. The van der Waals surface area contributed by atoms with Gasteiger partial charge in [0, 0.05) is 19.6 Å². The van der Waals surface area contributed by atoms with E-state index in [1.165, 1.54) is 5.56 Å². The highest BCUT2D eigenvalue weighted by Gasteiger charge is 2.26. The number of hydrogen-bond acceptors (Lipinski definition) is 2. The van der Waals surface area contributed by atoms with Gasteiger partial charge in [-0.15, -0.1) is 0 Å². The van der Waals surface area contributed by atoms with Gasteiger partial charge in [-0.05, 0) is 23.5 Å². The van der Waals surface area contributed by atoms with E-state index in [4.69, 9.17) is 0 Å². The summed E-state index contributed by atoms with van der Waals surface area (Å²) in [6, 6.07) is 8.07. The van der Waals surface area contributed by atoms with Gasteiger partial charge in [0.05, 0.1) is 0 Å². The molecule has 2 rings (SSSR count). The van der Waals surface area contributed by atoms with Crippen LogP contribution in [0.3, 0.4) is 0 Å². The number of nitrogens with zero attached hydrogens (tertiary/aromatic N) is 1. The van der Waals surface area contributed by atoms with Crippen LogP contribution in [0.25, 0.3) is 0 Å². The maximum atomic E-state index is 12.3. The molecular formula is C15H24N2O2S. The van der Waals surface area contributed by atoms with E-state index in [1.54, 1.807) is 4.31 Å². The average molecular weight is 296 g/mol. The van der Waals surface area contributed by atoms with Gasteiger partial charge in [-0.3, -0.25) is 0 Å². The SMILES string of the molecule is CCC(CC)CNS(=O)(=O)N1CCc2ccccc2C1. The Kier molecular flexibility index (Phi) is 5.18. The molecule has 1 aliphatic heterocycles. The molecule has 1 N–H and O–H groups in total. The molecule has 20 heavy (non-hydrogen) atoms. The quantitative estimate of drug-likeness (QED) is 0.876. The number of fused-ring (bicyclic) bond motifs is 1. The van der Waals surface area contributed by atoms with E-state index in [2.05, 4.69) is 24.6 Å². The molecule has 1 aliphatic rings. The fraction of sp³-hybridized carbons (Fsp3) is 0.600. The highest BCUT2D eigenvalue weighted by Crippen LogP contribution is 2.20. The molecule has 0 bridgehead atoms. The minimum atomic E-state index is -3.36. The standard InChI is InChI=1S/C15H24N2O2S/c1-3-13(4-2)11-16-20(18,19)17-10-9-14-7-5-6-8-15(14)12-17/h5-8,13,16H,3-4,9-12H2,1-2H3. The van der Waals surface area contributed by atoms with Crippen molar-refractivity contribution in [3.8, 4) is 0 Å².